The molecule has 0 amide bonds. The Hall–Kier alpha value is 0.200. The molecule has 2 aliphatic rings. The molecule has 0 spiro atoms. The van der Waals surface area contributed by atoms with E-state index in [9.17, 15) is 0 Å². The Bertz CT molecular complexity index is 322. The SMILES string of the molecule is Cl.Cl.c1cc([C@@H](C2CCC2)N2CCNCC2)cs1. The van der Waals surface area contributed by atoms with E-state index in [0.717, 1.165) is 19.0 Å². The number of rotatable bonds is 3. The van der Waals surface area contributed by atoms with Crippen LogP contribution < -0.4 is 5.32 Å². The second-order valence-electron chi connectivity index (χ2n) is 4.98. The summed E-state index contributed by atoms with van der Waals surface area (Å²) >= 11 is 1.84. The van der Waals surface area contributed by atoms with Gasteiger partial charge in [-0.3, -0.25) is 4.90 Å². The lowest BCUT2D eigenvalue weighted by Crippen LogP contribution is -2.47. The van der Waals surface area contributed by atoms with Crippen LogP contribution in [0.4, 0.5) is 0 Å². The summed E-state index contributed by atoms with van der Waals surface area (Å²) < 4.78 is 0. The largest absolute Gasteiger partial charge is 0.314 e. The van der Waals surface area contributed by atoms with Crippen molar-refractivity contribution in [3.8, 4) is 0 Å². The first-order valence-electron chi connectivity index (χ1n) is 6.42. The summed E-state index contributed by atoms with van der Waals surface area (Å²) in [4.78, 5) is 2.70. The standard InChI is InChI=1S/C13H20N2S.2ClH/c1-2-11(3-1)13(12-4-9-16-10-12)15-7-5-14-6-8-15;;/h4,9-11,13-14H,1-3,5-8H2;2*1H/t13-;;/m1../s1. The van der Waals surface area contributed by atoms with Crippen molar-refractivity contribution >= 4 is 36.2 Å². The van der Waals surface area contributed by atoms with Crippen LogP contribution in [-0.4, -0.2) is 31.1 Å². The summed E-state index contributed by atoms with van der Waals surface area (Å²) in [5.74, 6) is 0.924. The number of hydrogen-bond donors (Lipinski definition) is 1. The summed E-state index contributed by atoms with van der Waals surface area (Å²) in [6.07, 6.45) is 4.31. The van der Waals surface area contributed by atoms with Crippen LogP contribution in [-0.2, 0) is 0 Å². The van der Waals surface area contributed by atoms with E-state index in [2.05, 4.69) is 27.0 Å². The zero-order valence-electron chi connectivity index (χ0n) is 10.5. The Morgan fingerprint density at radius 3 is 2.44 bits per heavy atom. The Labute approximate surface area is 126 Å². The van der Waals surface area contributed by atoms with Gasteiger partial charge in [-0.15, -0.1) is 24.8 Å². The van der Waals surface area contributed by atoms with E-state index in [1.165, 1.54) is 32.4 Å². The molecule has 0 radical (unpaired) electrons. The zero-order chi connectivity index (χ0) is 10.8. The van der Waals surface area contributed by atoms with Crippen molar-refractivity contribution in [2.45, 2.75) is 25.3 Å². The minimum absolute atomic E-state index is 0. The fourth-order valence-electron chi connectivity index (χ4n) is 2.94. The third-order valence-electron chi connectivity index (χ3n) is 4.03. The number of halogens is 2. The van der Waals surface area contributed by atoms with Gasteiger partial charge in [0.25, 0.3) is 0 Å². The molecule has 1 atom stereocenters. The lowest BCUT2D eigenvalue weighted by atomic mass is 9.77. The van der Waals surface area contributed by atoms with Crippen LogP contribution >= 0.6 is 36.2 Å². The zero-order valence-corrected chi connectivity index (χ0v) is 13.0. The molecular weight excluding hydrogens is 287 g/mol. The first kappa shape index (κ1) is 16.3. The lowest BCUT2D eigenvalue weighted by molar-refractivity contribution is 0.0840. The fourth-order valence-corrected chi connectivity index (χ4v) is 3.63. The lowest BCUT2D eigenvalue weighted by Gasteiger charge is -2.42. The van der Waals surface area contributed by atoms with E-state index >= 15 is 0 Å². The van der Waals surface area contributed by atoms with Gasteiger partial charge in [-0.2, -0.15) is 11.3 Å². The van der Waals surface area contributed by atoms with Gasteiger partial charge in [0, 0.05) is 32.2 Å². The number of hydrogen-bond acceptors (Lipinski definition) is 3. The van der Waals surface area contributed by atoms with Crippen molar-refractivity contribution in [1.29, 1.82) is 0 Å². The van der Waals surface area contributed by atoms with Crippen molar-refractivity contribution in [2.75, 3.05) is 26.2 Å². The first-order chi connectivity index (χ1) is 7.95. The molecule has 5 heteroatoms. The normalized spacial score (nSPS) is 22.4. The molecule has 0 unspecified atom stereocenters. The smallest absolute Gasteiger partial charge is 0.0385 e. The average Bonchev–Trinajstić information content (AvgIpc) is 2.77. The number of piperazine rings is 1. The first-order valence-corrected chi connectivity index (χ1v) is 7.36. The third-order valence-corrected chi connectivity index (χ3v) is 4.73. The van der Waals surface area contributed by atoms with E-state index in [1.807, 2.05) is 11.3 Å². The topological polar surface area (TPSA) is 15.3 Å². The summed E-state index contributed by atoms with van der Waals surface area (Å²) in [5.41, 5.74) is 1.57. The molecular formula is C13H22Cl2N2S. The summed E-state index contributed by atoms with van der Waals surface area (Å²) in [5, 5.41) is 8.03. The molecule has 3 rings (SSSR count). The molecule has 104 valence electrons. The van der Waals surface area contributed by atoms with Crippen LogP contribution in [0, 0.1) is 5.92 Å². The summed E-state index contributed by atoms with van der Waals surface area (Å²) in [6.45, 7) is 4.76. The second-order valence-corrected chi connectivity index (χ2v) is 5.76. The molecule has 1 saturated heterocycles. The molecule has 0 bridgehead atoms. The van der Waals surface area contributed by atoms with Crippen molar-refractivity contribution in [3.05, 3.63) is 22.4 Å². The van der Waals surface area contributed by atoms with Gasteiger partial charge < -0.3 is 5.32 Å². The van der Waals surface area contributed by atoms with Crippen LogP contribution in [0.15, 0.2) is 16.8 Å². The Kier molecular flexibility index (Phi) is 6.96. The number of nitrogens with zero attached hydrogens (tertiary/aromatic N) is 1. The highest BCUT2D eigenvalue weighted by atomic mass is 35.5. The molecule has 2 fully saturated rings. The molecule has 2 heterocycles. The number of nitrogens with one attached hydrogen (secondary N) is 1. The molecule has 1 saturated carbocycles. The van der Waals surface area contributed by atoms with Gasteiger partial charge in [0.2, 0.25) is 0 Å². The van der Waals surface area contributed by atoms with Gasteiger partial charge in [0.1, 0.15) is 0 Å². The Balaban J connectivity index is 0.000000810. The quantitative estimate of drug-likeness (QED) is 0.921. The number of thiophene rings is 1. The van der Waals surface area contributed by atoms with Crippen LogP contribution in [0.5, 0.6) is 0 Å². The van der Waals surface area contributed by atoms with E-state index in [4.69, 9.17) is 0 Å². The maximum Gasteiger partial charge on any atom is 0.0385 e. The van der Waals surface area contributed by atoms with Crippen molar-refractivity contribution in [1.82, 2.24) is 10.2 Å². The molecule has 18 heavy (non-hydrogen) atoms. The third kappa shape index (κ3) is 3.40. The molecule has 1 aromatic heterocycles. The predicted octanol–water partition coefficient (Wildman–Crippen LogP) is 3.34. The second kappa shape index (κ2) is 7.71. The van der Waals surface area contributed by atoms with Crippen LogP contribution in [0.25, 0.3) is 0 Å². The van der Waals surface area contributed by atoms with Gasteiger partial charge in [-0.25, -0.2) is 0 Å². The molecule has 1 aromatic rings. The maximum atomic E-state index is 3.45. The van der Waals surface area contributed by atoms with Crippen molar-refractivity contribution < 1.29 is 0 Å². The predicted molar refractivity (Wildman–Crippen MR) is 83.3 cm³/mol. The van der Waals surface area contributed by atoms with Gasteiger partial charge in [-0.05, 0) is 41.1 Å². The van der Waals surface area contributed by atoms with Crippen molar-refractivity contribution in [2.24, 2.45) is 5.92 Å². The van der Waals surface area contributed by atoms with Crippen LogP contribution in [0.1, 0.15) is 30.9 Å². The van der Waals surface area contributed by atoms with E-state index < -0.39 is 0 Å². The molecule has 1 aliphatic heterocycles. The Morgan fingerprint density at radius 1 is 1.22 bits per heavy atom. The van der Waals surface area contributed by atoms with Gasteiger partial charge in [0.15, 0.2) is 0 Å². The Morgan fingerprint density at radius 2 is 1.94 bits per heavy atom. The van der Waals surface area contributed by atoms with Crippen molar-refractivity contribution in [3.63, 3.8) is 0 Å². The van der Waals surface area contributed by atoms with Crippen LogP contribution in [0.3, 0.4) is 0 Å². The highest BCUT2D eigenvalue weighted by Gasteiger charge is 2.33. The molecule has 2 nitrogen and oxygen atoms in total. The van der Waals surface area contributed by atoms with Gasteiger partial charge in [0.05, 0.1) is 0 Å². The monoisotopic (exact) mass is 308 g/mol. The maximum absolute atomic E-state index is 3.45. The average molecular weight is 309 g/mol. The van der Waals surface area contributed by atoms with E-state index in [1.54, 1.807) is 5.56 Å². The molecule has 1 N–H and O–H groups in total. The van der Waals surface area contributed by atoms with Crippen LogP contribution in [0.2, 0.25) is 0 Å². The van der Waals surface area contributed by atoms with Gasteiger partial charge in [-0.1, -0.05) is 6.42 Å². The summed E-state index contributed by atoms with van der Waals surface area (Å²) in [6, 6.07) is 3.04. The molecule has 1 aliphatic carbocycles. The fraction of sp³-hybridized carbons (Fsp3) is 0.692. The van der Waals surface area contributed by atoms with Gasteiger partial charge >= 0.3 is 0 Å². The minimum atomic E-state index is 0. The molecule has 0 aromatic carbocycles. The van der Waals surface area contributed by atoms with E-state index in [0.29, 0.717) is 6.04 Å². The van der Waals surface area contributed by atoms with E-state index in [-0.39, 0.29) is 24.8 Å². The minimum Gasteiger partial charge on any atom is -0.314 e. The summed E-state index contributed by atoms with van der Waals surface area (Å²) in [7, 11) is 0. The highest BCUT2D eigenvalue weighted by molar-refractivity contribution is 7.07. The highest BCUT2D eigenvalue weighted by Crippen LogP contribution is 2.41.